The van der Waals surface area contributed by atoms with Gasteiger partial charge in [-0.25, -0.2) is 8.42 Å². The molecule has 0 aliphatic heterocycles. The van der Waals surface area contributed by atoms with Crippen LogP contribution in [0.3, 0.4) is 0 Å². The van der Waals surface area contributed by atoms with Crippen molar-refractivity contribution < 1.29 is 8.42 Å². The lowest BCUT2D eigenvalue weighted by Gasteiger charge is -2.19. The molecule has 0 aliphatic carbocycles. The lowest BCUT2D eigenvalue weighted by Crippen LogP contribution is -2.15. The minimum Gasteiger partial charge on any atom is -0.260 e. The minimum absolute atomic E-state index is 0.0167. The molecule has 1 N–H and O–H groups in total. The van der Waals surface area contributed by atoms with E-state index in [1.807, 2.05) is 12.1 Å². The van der Waals surface area contributed by atoms with E-state index in [0.717, 1.165) is 5.56 Å². The van der Waals surface area contributed by atoms with E-state index >= 15 is 0 Å². The molecule has 0 spiro atoms. The number of aryl methyl sites for hydroxylation is 1. The van der Waals surface area contributed by atoms with Crippen LogP contribution in [-0.2, 0) is 22.5 Å². The molecule has 7 heteroatoms. The number of nitrogens with zero attached hydrogens (tertiary/aromatic N) is 3. The first-order chi connectivity index (χ1) is 9.61. The summed E-state index contributed by atoms with van der Waals surface area (Å²) in [5.41, 5.74) is 1.72. The smallest absolute Gasteiger partial charge is 0.260 e. The average Bonchev–Trinajstić information content (AvgIpc) is 2.69. The molecular formula is C14H20N4O2S. The van der Waals surface area contributed by atoms with Gasteiger partial charge in [0.15, 0.2) is 5.82 Å². The molecule has 2 rings (SSSR count). The fourth-order valence-electron chi connectivity index (χ4n) is 1.82. The minimum atomic E-state index is -3.65. The maximum atomic E-state index is 12.3. The van der Waals surface area contributed by atoms with Crippen LogP contribution in [0.1, 0.15) is 32.0 Å². The molecular weight excluding hydrogens is 288 g/mol. The van der Waals surface area contributed by atoms with E-state index in [1.165, 1.54) is 4.68 Å². The summed E-state index contributed by atoms with van der Waals surface area (Å²) in [6.07, 6.45) is 0. The van der Waals surface area contributed by atoms with Gasteiger partial charge < -0.3 is 0 Å². The number of anilines is 1. The third-order valence-corrected chi connectivity index (χ3v) is 4.72. The predicted octanol–water partition coefficient (Wildman–Crippen LogP) is 2.22. The van der Waals surface area contributed by atoms with Gasteiger partial charge in [-0.05, 0) is 30.0 Å². The fraction of sp³-hybridized carbons (Fsp3) is 0.429. The quantitative estimate of drug-likeness (QED) is 0.943. The summed E-state index contributed by atoms with van der Waals surface area (Å²) in [4.78, 5) is 0.209. The lowest BCUT2D eigenvalue weighted by atomic mass is 9.87. The van der Waals surface area contributed by atoms with Gasteiger partial charge in [0.1, 0.15) is 0 Å². The van der Waals surface area contributed by atoms with Gasteiger partial charge in [0.05, 0.1) is 10.6 Å². The van der Waals surface area contributed by atoms with Gasteiger partial charge in [-0.3, -0.25) is 9.40 Å². The first-order valence-corrected chi connectivity index (χ1v) is 8.09. The van der Waals surface area contributed by atoms with E-state index in [9.17, 15) is 8.42 Å². The zero-order valence-corrected chi connectivity index (χ0v) is 13.7. The largest absolute Gasteiger partial charge is 0.263 e. The van der Waals surface area contributed by atoms with E-state index < -0.39 is 10.0 Å². The molecule has 1 heterocycles. The summed E-state index contributed by atoms with van der Waals surface area (Å²) in [6, 6.07) is 6.87. The SMILES string of the molecule is Cc1c(NS(=O)(=O)c2ccc(C(C)(C)C)cc2)nnn1C. The van der Waals surface area contributed by atoms with Crippen molar-refractivity contribution in [3.05, 3.63) is 35.5 Å². The summed E-state index contributed by atoms with van der Waals surface area (Å²) in [5.74, 6) is 0.248. The highest BCUT2D eigenvalue weighted by Gasteiger charge is 2.19. The number of sulfonamides is 1. The van der Waals surface area contributed by atoms with Crippen LogP contribution in [0.15, 0.2) is 29.2 Å². The number of nitrogens with one attached hydrogen (secondary N) is 1. The first-order valence-electron chi connectivity index (χ1n) is 6.61. The molecule has 21 heavy (non-hydrogen) atoms. The Kier molecular flexibility index (Phi) is 3.79. The lowest BCUT2D eigenvalue weighted by molar-refractivity contribution is 0.587. The highest BCUT2D eigenvalue weighted by molar-refractivity contribution is 7.92. The Labute approximate surface area is 125 Å². The molecule has 0 saturated heterocycles. The number of hydrogen-bond donors (Lipinski definition) is 1. The molecule has 0 saturated carbocycles. The number of rotatable bonds is 3. The number of benzene rings is 1. The average molecular weight is 308 g/mol. The standard InChI is InChI=1S/C14H20N4O2S/c1-10-13(15-17-18(10)5)16-21(19,20)12-8-6-11(7-9-12)14(2,3)4/h6-9,16H,1-5H3. The Morgan fingerprint density at radius 2 is 1.71 bits per heavy atom. The van der Waals surface area contributed by atoms with Crippen LogP contribution >= 0.6 is 0 Å². The number of hydrogen-bond acceptors (Lipinski definition) is 4. The molecule has 6 nitrogen and oxygen atoms in total. The van der Waals surface area contributed by atoms with Crippen LogP contribution in [0, 0.1) is 6.92 Å². The van der Waals surface area contributed by atoms with Gasteiger partial charge in [-0.1, -0.05) is 38.1 Å². The van der Waals surface area contributed by atoms with Gasteiger partial charge in [0.2, 0.25) is 0 Å². The van der Waals surface area contributed by atoms with Crippen LogP contribution < -0.4 is 4.72 Å². The molecule has 114 valence electrons. The van der Waals surface area contributed by atoms with Crippen LogP contribution in [0.25, 0.3) is 0 Å². The van der Waals surface area contributed by atoms with Crippen molar-refractivity contribution in [1.29, 1.82) is 0 Å². The second-order valence-corrected chi connectivity index (χ2v) is 7.71. The second kappa shape index (κ2) is 5.14. The third kappa shape index (κ3) is 3.24. The van der Waals surface area contributed by atoms with Crippen molar-refractivity contribution in [1.82, 2.24) is 15.0 Å². The van der Waals surface area contributed by atoms with E-state index in [4.69, 9.17) is 0 Å². The van der Waals surface area contributed by atoms with E-state index in [1.54, 1.807) is 26.1 Å². The van der Waals surface area contributed by atoms with Gasteiger partial charge in [-0.15, -0.1) is 5.10 Å². The highest BCUT2D eigenvalue weighted by Crippen LogP contribution is 2.24. The van der Waals surface area contributed by atoms with Crippen LogP contribution in [-0.4, -0.2) is 23.4 Å². The zero-order valence-electron chi connectivity index (χ0n) is 12.9. The Morgan fingerprint density at radius 3 is 2.14 bits per heavy atom. The van der Waals surface area contributed by atoms with Gasteiger partial charge in [-0.2, -0.15) is 0 Å². The normalized spacial score (nSPS) is 12.4. The summed E-state index contributed by atoms with van der Waals surface area (Å²) >= 11 is 0. The van der Waals surface area contributed by atoms with Crippen LogP contribution in [0.4, 0.5) is 5.82 Å². The molecule has 0 bridgehead atoms. The summed E-state index contributed by atoms with van der Waals surface area (Å²) in [7, 11) is -1.94. The molecule has 0 unspecified atom stereocenters. The predicted molar refractivity (Wildman–Crippen MR) is 81.7 cm³/mol. The third-order valence-electron chi connectivity index (χ3n) is 3.37. The van der Waals surface area contributed by atoms with Crippen molar-refractivity contribution in [3.63, 3.8) is 0 Å². The molecule has 0 amide bonds. The monoisotopic (exact) mass is 308 g/mol. The van der Waals surface area contributed by atoms with Crippen molar-refractivity contribution in [2.24, 2.45) is 7.05 Å². The maximum absolute atomic E-state index is 12.3. The molecule has 2 aromatic rings. The van der Waals surface area contributed by atoms with Gasteiger partial charge >= 0.3 is 0 Å². The Morgan fingerprint density at radius 1 is 1.14 bits per heavy atom. The van der Waals surface area contributed by atoms with Crippen LogP contribution in [0.2, 0.25) is 0 Å². The fourth-order valence-corrected chi connectivity index (χ4v) is 2.87. The molecule has 0 fully saturated rings. The summed E-state index contributed by atoms with van der Waals surface area (Å²) in [6.45, 7) is 7.99. The maximum Gasteiger partial charge on any atom is 0.263 e. The molecule has 0 radical (unpaired) electrons. The van der Waals surface area contributed by atoms with Gasteiger partial charge in [0.25, 0.3) is 10.0 Å². The van der Waals surface area contributed by atoms with E-state index in [-0.39, 0.29) is 16.1 Å². The molecule has 0 aliphatic rings. The van der Waals surface area contributed by atoms with E-state index in [0.29, 0.717) is 5.69 Å². The topological polar surface area (TPSA) is 76.9 Å². The van der Waals surface area contributed by atoms with Crippen molar-refractivity contribution >= 4 is 15.8 Å². The number of aromatic nitrogens is 3. The Hall–Kier alpha value is -1.89. The molecule has 1 aromatic carbocycles. The van der Waals surface area contributed by atoms with Crippen molar-refractivity contribution in [2.75, 3.05) is 4.72 Å². The van der Waals surface area contributed by atoms with E-state index in [2.05, 4.69) is 35.8 Å². The Balaban J connectivity index is 2.30. The van der Waals surface area contributed by atoms with Crippen molar-refractivity contribution in [3.8, 4) is 0 Å². The zero-order chi connectivity index (χ0) is 15.8. The molecule has 0 atom stereocenters. The highest BCUT2D eigenvalue weighted by atomic mass is 32.2. The van der Waals surface area contributed by atoms with Crippen molar-refractivity contribution in [2.45, 2.75) is 38.0 Å². The summed E-state index contributed by atoms with van der Waals surface area (Å²) in [5, 5.41) is 7.59. The molecule has 1 aromatic heterocycles. The second-order valence-electron chi connectivity index (χ2n) is 6.03. The van der Waals surface area contributed by atoms with Gasteiger partial charge in [0, 0.05) is 7.05 Å². The first kappa shape index (κ1) is 15.5. The Bertz CT molecular complexity index is 740. The summed E-state index contributed by atoms with van der Waals surface area (Å²) < 4.78 is 28.6. The van der Waals surface area contributed by atoms with Crippen LogP contribution in [0.5, 0.6) is 0 Å².